The van der Waals surface area contributed by atoms with Gasteiger partial charge in [0.05, 0.1) is 11.3 Å². The van der Waals surface area contributed by atoms with Crippen molar-refractivity contribution >= 4 is 11.3 Å². The van der Waals surface area contributed by atoms with Crippen molar-refractivity contribution in [3.63, 3.8) is 0 Å². The summed E-state index contributed by atoms with van der Waals surface area (Å²) >= 11 is 1.74. The molecule has 0 bridgehead atoms. The van der Waals surface area contributed by atoms with Crippen molar-refractivity contribution in [3.05, 3.63) is 28.3 Å². The molecule has 3 nitrogen and oxygen atoms in total. The second-order valence-corrected chi connectivity index (χ2v) is 5.11. The molecule has 0 amide bonds. The predicted molar refractivity (Wildman–Crippen MR) is 66.7 cm³/mol. The molecule has 2 rings (SSSR count). The fourth-order valence-corrected chi connectivity index (χ4v) is 2.61. The van der Waals surface area contributed by atoms with Gasteiger partial charge in [0.15, 0.2) is 5.76 Å². The van der Waals surface area contributed by atoms with E-state index in [0.29, 0.717) is 12.5 Å². The lowest BCUT2D eigenvalue weighted by atomic mass is 10.2. The van der Waals surface area contributed by atoms with Crippen molar-refractivity contribution in [1.82, 2.24) is 4.98 Å². The second-order valence-electron chi connectivity index (χ2n) is 3.99. The van der Waals surface area contributed by atoms with Crippen molar-refractivity contribution in [3.8, 4) is 11.5 Å². The van der Waals surface area contributed by atoms with Crippen molar-refractivity contribution in [2.24, 2.45) is 5.73 Å². The standard InChI is InChI=1S/C12H16N2OS/c1-8(2)12-14-11(9-4-3-7-15-9)10(16-12)5-6-13/h3-4,7-8H,5-6,13H2,1-2H3. The number of aromatic nitrogens is 1. The molecule has 0 aliphatic rings. The Hall–Kier alpha value is -1.13. The summed E-state index contributed by atoms with van der Waals surface area (Å²) in [6.45, 7) is 4.95. The Morgan fingerprint density at radius 3 is 2.88 bits per heavy atom. The molecular formula is C12H16N2OS. The Morgan fingerprint density at radius 2 is 2.31 bits per heavy atom. The molecule has 2 aromatic heterocycles. The minimum Gasteiger partial charge on any atom is -0.463 e. The number of thiazole rings is 1. The van der Waals surface area contributed by atoms with Gasteiger partial charge < -0.3 is 10.2 Å². The minimum atomic E-state index is 0.449. The molecule has 0 fully saturated rings. The van der Waals surface area contributed by atoms with Gasteiger partial charge in [-0.15, -0.1) is 11.3 Å². The summed E-state index contributed by atoms with van der Waals surface area (Å²) in [5.74, 6) is 1.29. The summed E-state index contributed by atoms with van der Waals surface area (Å²) < 4.78 is 5.40. The van der Waals surface area contributed by atoms with Crippen molar-refractivity contribution in [1.29, 1.82) is 0 Å². The van der Waals surface area contributed by atoms with Crippen LogP contribution in [0.5, 0.6) is 0 Å². The quantitative estimate of drug-likeness (QED) is 0.887. The van der Waals surface area contributed by atoms with Crippen LogP contribution >= 0.6 is 11.3 Å². The molecule has 0 aromatic carbocycles. The average Bonchev–Trinajstić information content (AvgIpc) is 2.84. The summed E-state index contributed by atoms with van der Waals surface area (Å²) in [6.07, 6.45) is 2.54. The maximum absolute atomic E-state index is 5.62. The third kappa shape index (κ3) is 2.18. The predicted octanol–water partition coefficient (Wildman–Crippen LogP) is 3.03. The van der Waals surface area contributed by atoms with Crippen molar-refractivity contribution in [2.45, 2.75) is 26.2 Å². The topological polar surface area (TPSA) is 52.0 Å². The monoisotopic (exact) mass is 236 g/mol. The molecule has 0 atom stereocenters. The van der Waals surface area contributed by atoms with Gasteiger partial charge in [-0.3, -0.25) is 0 Å². The molecule has 0 radical (unpaired) electrons. The van der Waals surface area contributed by atoms with Crippen molar-refractivity contribution < 1.29 is 4.42 Å². The van der Waals surface area contributed by atoms with Crippen LogP contribution < -0.4 is 5.73 Å². The van der Waals surface area contributed by atoms with E-state index in [1.54, 1.807) is 17.6 Å². The van der Waals surface area contributed by atoms with Gasteiger partial charge in [-0.2, -0.15) is 0 Å². The van der Waals surface area contributed by atoms with Gasteiger partial charge in [0, 0.05) is 10.8 Å². The Bertz CT molecular complexity index is 446. The van der Waals surface area contributed by atoms with Gasteiger partial charge in [0.1, 0.15) is 5.69 Å². The maximum Gasteiger partial charge on any atom is 0.153 e. The van der Waals surface area contributed by atoms with Gasteiger partial charge in [-0.05, 0) is 25.1 Å². The van der Waals surface area contributed by atoms with Crippen LogP contribution in [0.25, 0.3) is 11.5 Å². The highest BCUT2D eigenvalue weighted by molar-refractivity contribution is 7.12. The third-order valence-corrected chi connectivity index (χ3v) is 3.75. The third-order valence-electron chi connectivity index (χ3n) is 2.33. The molecular weight excluding hydrogens is 220 g/mol. The highest BCUT2D eigenvalue weighted by Gasteiger charge is 2.16. The van der Waals surface area contributed by atoms with E-state index in [9.17, 15) is 0 Å². The van der Waals surface area contributed by atoms with Gasteiger partial charge in [-0.1, -0.05) is 13.8 Å². The van der Waals surface area contributed by atoms with E-state index in [0.717, 1.165) is 22.9 Å². The zero-order valence-corrected chi connectivity index (χ0v) is 10.4. The highest BCUT2D eigenvalue weighted by Crippen LogP contribution is 2.32. The van der Waals surface area contributed by atoms with Gasteiger partial charge in [0.25, 0.3) is 0 Å². The van der Waals surface area contributed by atoms with Crippen LogP contribution in [0.4, 0.5) is 0 Å². The van der Waals surface area contributed by atoms with Gasteiger partial charge >= 0.3 is 0 Å². The van der Waals surface area contributed by atoms with E-state index in [1.165, 1.54) is 4.88 Å². The van der Waals surface area contributed by atoms with Crippen LogP contribution in [0.2, 0.25) is 0 Å². The van der Waals surface area contributed by atoms with Crippen LogP contribution in [-0.4, -0.2) is 11.5 Å². The first kappa shape index (κ1) is 11.4. The molecule has 16 heavy (non-hydrogen) atoms. The first-order chi connectivity index (χ1) is 7.72. The Balaban J connectivity index is 2.42. The maximum atomic E-state index is 5.62. The second kappa shape index (κ2) is 4.80. The number of nitrogens with two attached hydrogens (primary N) is 1. The zero-order chi connectivity index (χ0) is 11.5. The number of hydrogen-bond donors (Lipinski definition) is 1. The van der Waals surface area contributed by atoms with E-state index in [4.69, 9.17) is 10.2 Å². The molecule has 2 heterocycles. The van der Waals surface area contributed by atoms with E-state index in [-0.39, 0.29) is 0 Å². The van der Waals surface area contributed by atoms with Crippen LogP contribution in [0.1, 0.15) is 29.7 Å². The minimum absolute atomic E-state index is 0.449. The molecule has 86 valence electrons. The lowest BCUT2D eigenvalue weighted by molar-refractivity contribution is 0.579. The zero-order valence-electron chi connectivity index (χ0n) is 9.56. The molecule has 0 unspecified atom stereocenters. The highest BCUT2D eigenvalue weighted by atomic mass is 32.1. The summed E-state index contributed by atoms with van der Waals surface area (Å²) in [5, 5.41) is 1.15. The molecule has 2 N–H and O–H groups in total. The Morgan fingerprint density at radius 1 is 1.50 bits per heavy atom. The fourth-order valence-electron chi connectivity index (χ4n) is 1.52. The molecule has 0 aliphatic heterocycles. The van der Waals surface area contributed by atoms with E-state index < -0.39 is 0 Å². The van der Waals surface area contributed by atoms with E-state index >= 15 is 0 Å². The molecule has 0 aliphatic carbocycles. The first-order valence-electron chi connectivity index (χ1n) is 5.46. The summed E-state index contributed by atoms with van der Waals surface area (Å²) in [7, 11) is 0. The van der Waals surface area contributed by atoms with Crippen LogP contribution in [0.15, 0.2) is 22.8 Å². The number of hydrogen-bond acceptors (Lipinski definition) is 4. The molecule has 2 aromatic rings. The van der Waals surface area contributed by atoms with E-state index in [2.05, 4.69) is 18.8 Å². The number of nitrogens with zero attached hydrogens (tertiary/aromatic N) is 1. The van der Waals surface area contributed by atoms with Gasteiger partial charge in [-0.25, -0.2) is 4.98 Å². The Kier molecular flexibility index (Phi) is 3.41. The number of rotatable bonds is 4. The van der Waals surface area contributed by atoms with Crippen LogP contribution in [-0.2, 0) is 6.42 Å². The Labute approximate surface area is 99.3 Å². The SMILES string of the molecule is CC(C)c1nc(-c2ccco2)c(CCN)s1. The molecule has 0 saturated heterocycles. The lowest BCUT2D eigenvalue weighted by Crippen LogP contribution is -2.01. The lowest BCUT2D eigenvalue weighted by Gasteiger charge is -1.95. The van der Waals surface area contributed by atoms with Crippen LogP contribution in [0, 0.1) is 0 Å². The fraction of sp³-hybridized carbons (Fsp3) is 0.417. The molecule has 0 spiro atoms. The van der Waals surface area contributed by atoms with Crippen molar-refractivity contribution in [2.75, 3.05) is 6.54 Å². The summed E-state index contributed by atoms with van der Waals surface area (Å²) in [5.41, 5.74) is 6.58. The average molecular weight is 236 g/mol. The van der Waals surface area contributed by atoms with E-state index in [1.807, 2.05) is 12.1 Å². The summed E-state index contributed by atoms with van der Waals surface area (Å²) in [6, 6.07) is 3.83. The van der Waals surface area contributed by atoms with Gasteiger partial charge in [0.2, 0.25) is 0 Å². The number of furan rings is 1. The molecule has 0 saturated carbocycles. The normalized spacial score (nSPS) is 11.2. The smallest absolute Gasteiger partial charge is 0.153 e. The van der Waals surface area contributed by atoms with Crippen LogP contribution in [0.3, 0.4) is 0 Å². The summed E-state index contributed by atoms with van der Waals surface area (Å²) in [4.78, 5) is 5.86. The molecule has 4 heteroatoms. The first-order valence-corrected chi connectivity index (χ1v) is 6.27. The largest absolute Gasteiger partial charge is 0.463 e.